The summed E-state index contributed by atoms with van der Waals surface area (Å²) in [4.78, 5) is 34.7. The minimum atomic E-state index is -0.537. The summed E-state index contributed by atoms with van der Waals surface area (Å²) >= 11 is 0. The van der Waals surface area contributed by atoms with Crippen LogP contribution in [0.5, 0.6) is 5.75 Å². The number of aromatic amines is 1. The number of nitrogens with zero attached hydrogens (tertiary/aromatic N) is 2. The molecule has 0 spiro atoms. The second kappa shape index (κ2) is 9.19. The number of carbonyl (C=O) groups is 2. The Bertz CT molecular complexity index is 1430. The van der Waals surface area contributed by atoms with Crippen molar-refractivity contribution in [1.29, 1.82) is 0 Å². The van der Waals surface area contributed by atoms with Crippen LogP contribution in [0.15, 0.2) is 78.9 Å². The van der Waals surface area contributed by atoms with Crippen molar-refractivity contribution in [3.63, 3.8) is 0 Å². The predicted octanol–water partition coefficient (Wildman–Crippen LogP) is 4.49. The van der Waals surface area contributed by atoms with Gasteiger partial charge in [-0.25, -0.2) is 0 Å². The van der Waals surface area contributed by atoms with Gasteiger partial charge < -0.3 is 19.5 Å². The Balaban J connectivity index is 1.37. The molecule has 2 atom stereocenters. The molecule has 2 aliphatic heterocycles. The van der Waals surface area contributed by atoms with Gasteiger partial charge in [0.05, 0.1) is 13.7 Å². The number of hydrogen-bond acceptors (Lipinski definition) is 3. The summed E-state index contributed by atoms with van der Waals surface area (Å²) in [7, 11) is 1.64. The maximum Gasteiger partial charge on any atom is 0.246 e. The smallest absolute Gasteiger partial charge is 0.246 e. The molecule has 1 saturated heterocycles. The Kier molecular flexibility index (Phi) is 5.72. The van der Waals surface area contributed by atoms with Crippen LogP contribution in [0.25, 0.3) is 10.9 Å². The van der Waals surface area contributed by atoms with Crippen molar-refractivity contribution in [2.24, 2.45) is 0 Å². The highest BCUT2D eigenvalue weighted by molar-refractivity contribution is 5.97. The number of nitrogens with one attached hydrogen (secondary N) is 1. The van der Waals surface area contributed by atoms with E-state index in [9.17, 15) is 9.59 Å². The number of aromatic nitrogens is 1. The number of para-hydroxylation sites is 2. The van der Waals surface area contributed by atoms with Gasteiger partial charge in [-0.05, 0) is 36.1 Å². The molecular formula is C30H29N3O3. The number of benzene rings is 3. The number of H-pyrrole nitrogens is 1. The number of ether oxygens (including phenoxy) is 1. The number of methoxy groups -OCH3 is 1. The van der Waals surface area contributed by atoms with E-state index in [0.717, 1.165) is 40.6 Å². The Morgan fingerprint density at radius 1 is 0.944 bits per heavy atom. The number of carbonyl (C=O) groups excluding carboxylic acids is 2. The van der Waals surface area contributed by atoms with Gasteiger partial charge in [0.25, 0.3) is 0 Å². The SMILES string of the molecule is COc1ccccc1C1c2[nH]c3ccccc3c2CC2C(=O)N(CCCc3ccccc3)CC(=O)N21. The minimum absolute atomic E-state index is 0.0264. The van der Waals surface area contributed by atoms with Gasteiger partial charge in [0.2, 0.25) is 11.8 Å². The van der Waals surface area contributed by atoms with Crippen molar-refractivity contribution >= 4 is 22.7 Å². The monoisotopic (exact) mass is 479 g/mol. The van der Waals surface area contributed by atoms with Crippen LogP contribution in [0.2, 0.25) is 0 Å². The molecule has 2 amide bonds. The van der Waals surface area contributed by atoms with Crippen LogP contribution in [0.3, 0.4) is 0 Å². The van der Waals surface area contributed by atoms with Crippen molar-refractivity contribution in [2.75, 3.05) is 20.2 Å². The molecule has 1 fully saturated rings. The van der Waals surface area contributed by atoms with Crippen molar-refractivity contribution in [2.45, 2.75) is 31.3 Å². The molecule has 2 unspecified atom stereocenters. The van der Waals surface area contributed by atoms with Crippen LogP contribution in [0, 0.1) is 0 Å². The third kappa shape index (κ3) is 3.73. The maximum absolute atomic E-state index is 13.8. The van der Waals surface area contributed by atoms with Crippen molar-refractivity contribution in [1.82, 2.24) is 14.8 Å². The molecule has 4 aromatic rings. The maximum atomic E-state index is 13.8. The molecule has 0 radical (unpaired) electrons. The molecule has 3 heterocycles. The molecular weight excluding hydrogens is 450 g/mol. The summed E-state index contributed by atoms with van der Waals surface area (Å²) in [5, 5.41) is 1.11. The second-order valence-corrected chi connectivity index (χ2v) is 9.58. The summed E-state index contributed by atoms with van der Waals surface area (Å²) in [5.74, 6) is 0.705. The average molecular weight is 480 g/mol. The molecule has 1 aromatic heterocycles. The zero-order valence-corrected chi connectivity index (χ0v) is 20.3. The second-order valence-electron chi connectivity index (χ2n) is 9.58. The molecule has 0 saturated carbocycles. The van der Waals surface area contributed by atoms with Gasteiger partial charge in [0.15, 0.2) is 0 Å². The highest BCUT2D eigenvalue weighted by Gasteiger charge is 2.48. The first-order valence-corrected chi connectivity index (χ1v) is 12.5. The van der Waals surface area contributed by atoms with E-state index in [1.165, 1.54) is 5.56 Å². The lowest BCUT2D eigenvalue weighted by molar-refractivity contribution is -0.158. The van der Waals surface area contributed by atoms with Gasteiger partial charge in [-0.15, -0.1) is 0 Å². The van der Waals surface area contributed by atoms with Crippen LogP contribution >= 0.6 is 0 Å². The molecule has 6 nitrogen and oxygen atoms in total. The number of fused-ring (bicyclic) bond motifs is 4. The summed E-state index contributed by atoms with van der Waals surface area (Å²) < 4.78 is 5.70. The standard InChI is InChI=1S/C30H29N3O3/c1-36-26-16-8-6-14-22(26)29-28-23(21-13-5-7-15-24(21)31-28)18-25-30(35)32(19-27(34)33(25)29)17-9-12-20-10-3-2-4-11-20/h2-8,10-11,13-16,25,29,31H,9,12,17-19H2,1H3. The average Bonchev–Trinajstić information content (AvgIpc) is 3.29. The van der Waals surface area contributed by atoms with Gasteiger partial charge in [0.1, 0.15) is 17.8 Å². The molecule has 182 valence electrons. The van der Waals surface area contributed by atoms with Crippen LogP contribution in [0.1, 0.15) is 34.8 Å². The molecule has 6 heteroatoms. The van der Waals surface area contributed by atoms with Crippen LogP contribution < -0.4 is 4.74 Å². The first kappa shape index (κ1) is 22.4. The van der Waals surface area contributed by atoms with Crippen molar-refractivity contribution < 1.29 is 14.3 Å². The van der Waals surface area contributed by atoms with Gasteiger partial charge >= 0.3 is 0 Å². The van der Waals surface area contributed by atoms with Crippen LogP contribution in [-0.4, -0.2) is 52.8 Å². The minimum Gasteiger partial charge on any atom is -0.496 e. The van der Waals surface area contributed by atoms with Gasteiger partial charge in [-0.3, -0.25) is 9.59 Å². The lowest BCUT2D eigenvalue weighted by atomic mass is 9.86. The van der Waals surface area contributed by atoms with E-state index in [0.29, 0.717) is 18.7 Å². The van der Waals surface area contributed by atoms with E-state index in [1.54, 1.807) is 16.9 Å². The Hall–Kier alpha value is -4.06. The van der Waals surface area contributed by atoms with Gasteiger partial charge in [-0.1, -0.05) is 66.7 Å². The van der Waals surface area contributed by atoms with Gasteiger partial charge in [0, 0.05) is 35.1 Å². The Labute approximate surface area is 210 Å². The normalized spacial score (nSPS) is 19.4. The third-order valence-corrected chi connectivity index (χ3v) is 7.51. The van der Waals surface area contributed by atoms with E-state index in [4.69, 9.17) is 4.74 Å². The molecule has 3 aromatic carbocycles. The fraction of sp³-hybridized carbons (Fsp3) is 0.267. The number of piperazine rings is 1. The van der Waals surface area contributed by atoms with E-state index >= 15 is 0 Å². The zero-order valence-electron chi connectivity index (χ0n) is 20.3. The first-order valence-electron chi connectivity index (χ1n) is 12.5. The summed E-state index contributed by atoms with van der Waals surface area (Å²) in [6.45, 7) is 0.676. The molecule has 1 N–H and O–H groups in total. The number of aryl methyl sites for hydroxylation is 1. The predicted molar refractivity (Wildman–Crippen MR) is 139 cm³/mol. The highest BCUT2D eigenvalue weighted by atomic mass is 16.5. The summed E-state index contributed by atoms with van der Waals surface area (Å²) in [6.07, 6.45) is 2.21. The fourth-order valence-electron chi connectivity index (χ4n) is 5.85. The van der Waals surface area contributed by atoms with Crippen LogP contribution in [-0.2, 0) is 22.4 Å². The Morgan fingerprint density at radius 2 is 1.69 bits per heavy atom. The molecule has 0 bridgehead atoms. The topological polar surface area (TPSA) is 65.6 Å². The lowest BCUT2D eigenvalue weighted by Crippen LogP contribution is -2.63. The molecule has 2 aliphatic rings. The first-order chi connectivity index (χ1) is 17.7. The summed E-state index contributed by atoms with van der Waals surface area (Å²) in [5.41, 5.74) is 5.22. The molecule has 36 heavy (non-hydrogen) atoms. The number of hydrogen-bond donors (Lipinski definition) is 1. The van der Waals surface area contributed by atoms with Crippen molar-refractivity contribution in [3.8, 4) is 5.75 Å². The lowest BCUT2D eigenvalue weighted by Gasteiger charge is -2.47. The number of amides is 2. The summed E-state index contributed by atoms with van der Waals surface area (Å²) in [6, 6.07) is 25.2. The fourth-order valence-corrected chi connectivity index (χ4v) is 5.85. The number of rotatable bonds is 6. The zero-order chi connectivity index (χ0) is 24.6. The van der Waals surface area contributed by atoms with E-state index in [-0.39, 0.29) is 18.4 Å². The third-order valence-electron chi connectivity index (χ3n) is 7.51. The Morgan fingerprint density at radius 3 is 2.53 bits per heavy atom. The van der Waals surface area contributed by atoms with Crippen LogP contribution in [0.4, 0.5) is 0 Å². The van der Waals surface area contributed by atoms with E-state index in [2.05, 4.69) is 23.2 Å². The van der Waals surface area contributed by atoms with Crippen molar-refractivity contribution in [3.05, 3.63) is 101 Å². The molecule has 6 rings (SSSR count). The van der Waals surface area contributed by atoms with Gasteiger partial charge in [-0.2, -0.15) is 0 Å². The highest BCUT2D eigenvalue weighted by Crippen LogP contribution is 2.44. The van der Waals surface area contributed by atoms with E-state index in [1.807, 2.05) is 60.7 Å². The van der Waals surface area contributed by atoms with E-state index < -0.39 is 12.1 Å². The largest absolute Gasteiger partial charge is 0.496 e. The molecule has 0 aliphatic carbocycles. The quantitative estimate of drug-likeness (QED) is 0.443.